The topological polar surface area (TPSA) is 45.0 Å². The Morgan fingerprint density at radius 1 is 1.29 bits per heavy atom. The van der Waals surface area contributed by atoms with E-state index in [9.17, 15) is 0 Å². The number of rotatable bonds is 3. The van der Waals surface area contributed by atoms with Gasteiger partial charge in [-0.05, 0) is 31.1 Å². The summed E-state index contributed by atoms with van der Waals surface area (Å²) in [5.41, 5.74) is 0.371. The third-order valence-electron chi connectivity index (χ3n) is 4.42. The first-order valence-corrected chi connectivity index (χ1v) is 6.94. The average Bonchev–Trinajstić information content (AvgIpc) is 2.38. The van der Waals surface area contributed by atoms with E-state index in [1.165, 1.54) is 19.3 Å². The van der Waals surface area contributed by atoms with Crippen molar-refractivity contribution in [2.24, 2.45) is 11.3 Å². The van der Waals surface area contributed by atoms with E-state index in [-0.39, 0.29) is 5.92 Å². The second-order valence-electron chi connectivity index (χ2n) is 5.93. The van der Waals surface area contributed by atoms with Crippen molar-refractivity contribution in [3.63, 3.8) is 0 Å². The Hall–Kier alpha value is -0.590. The van der Waals surface area contributed by atoms with Gasteiger partial charge in [-0.3, -0.25) is 0 Å². The summed E-state index contributed by atoms with van der Waals surface area (Å²) in [4.78, 5) is 0. The fourth-order valence-electron chi connectivity index (χ4n) is 2.95. The Morgan fingerprint density at radius 3 is 2.71 bits per heavy atom. The van der Waals surface area contributed by atoms with Crippen LogP contribution in [0.2, 0.25) is 0 Å². The second kappa shape index (κ2) is 5.84. The summed E-state index contributed by atoms with van der Waals surface area (Å²) in [5.74, 6) is 0.229. The molecule has 1 aliphatic carbocycles. The number of hydrogen-bond donors (Lipinski definition) is 1. The lowest BCUT2D eigenvalue weighted by Gasteiger charge is -2.37. The van der Waals surface area contributed by atoms with Crippen molar-refractivity contribution in [3.8, 4) is 6.07 Å². The largest absolute Gasteiger partial charge is 0.381 e. The molecule has 0 amide bonds. The molecule has 1 saturated carbocycles. The average molecular weight is 236 g/mol. The van der Waals surface area contributed by atoms with Crippen LogP contribution < -0.4 is 5.32 Å². The highest BCUT2D eigenvalue weighted by molar-refractivity contribution is 4.95. The molecular weight excluding hydrogens is 212 g/mol. The molecule has 17 heavy (non-hydrogen) atoms. The predicted octanol–water partition coefficient (Wildman–Crippen LogP) is 2.48. The van der Waals surface area contributed by atoms with Gasteiger partial charge in [0.1, 0.15) is 0 Å². The molecule has 3 nitrogen and oxygen atoms in total. The van der Waals surface area contributed by atoms with Gasteiger partial charge in [0.25, 0.3) is 0 Å². The summed E-state index contributed by atoms with van der Waals surface area (Å²) in [6.45, 7) is 5.17. The van der Waals surface area contributed by atoms with Crippen LogP contribution in [0.25, 0.3) is 0 Å². The number of nitriles is 1. The van der Waals surface area contributed by atoms with Crippen LogP contribution in [0.4, 0.5) is 0 Å². The summed E-state index contributed by atoms with van der Waals surface area (Å²) in [5, 5.41) is 12.8. The molecule has 96 valence electrons. The Balaban J connectivity index is 1.81. The molecule has 2 aliphatic rings. The van der Waals surface area contributed by atoms with Gasteiger partial charge in [0.15, 0.2) is 0 Å². The minimum absolute atomic E-state index is 0.229. The Morgan fingerprint density at radius 2 is 2.00 bits per heavy atom. The number of nitrogens with zero attached hydrogens (tertiary/aromatic N) is 1. The molecule has 2 fully saturated rings. The summed E-state index contributed by atoms with van der Waals surface area (Å²) >= 11 is 0. The van der Waals surface area contributed by atoms with Gasteiger partial charge in [-0.2, -0.15) is 5.26 Å². The van der Waals surface area contributed by atoms with E-state index in [1.54, 1.807) is 0 Å². The summed E-state index contributed by atoms with van der Waals surface area (Å²) in [6, 6.07) is 2.89. The highest BCUT2D eigenvalue weighted by Crippen LogP contribution is 2.30. The highest BCUT2D eigenvalue weighted by Gasteiger charge is 2.30. The predicted molar refractivity (Wildman–Crippen MR) is 67.5 cm³/mol. The van der Waals surface area contributed by atoms with Gasteiger partial charge in [-0.1, -0.05) is 19.8 Å². The standard InChI is InChI=1S/C14H24N2O/c1-14(6-8-17-9-7-14)11-16-13-5-3-2-4-12(13)10-15/h12-13,16H,2-9,11H2,1H3. The first-order valence-electron chi connectivity index (χ1n) is 6.94. The molecule has 2 atom stereocenters. The van der Waals surface area contributed by atoms with E-state index in [0.717, 1.165) is 39.0 Å². The zero-order valence-corrected chi connectivity index (χ0v) is 10.9. The van der Waals surface area contributed by atoms with Crippen molar-refractivity contribution in [1.82, 2.24) is 5.32 Å². The molecule has 0 aromatic heterocycles. The van der Waals surface area contributed by atoms with E-state index in [4.69, 9.17) is 10.00 Å². The third-order valence-corrected chi connectivity index (χ3v) is 4.42. The molecule has 0 bridgehead atoms. The molecule has 2 unspecified atom stereocenters. The van der Waals surface area contributed by atoms with Crippen molar-refractivity contribution in [1.29, 1.82) is 5.26 Å². The molecule has 0 aromatic carbocycles. The summed E-state index contributed by atoms with van der Waals surface area (Å²) in [6.07, 6.45) is 7.03. The molecule has 1 N–H and O–H groups in total. The zero-order valence-electron chi connectivity index (χ0n) is 10.9. The molecule has 0 spiro atoms. The smallest absolute Gasteiger partial charge is 0.0672 e. The van der Waals surface area contributed by atoms with E-state index >= 15 is 0 Å². The van der Waals surface area contributed by atoms with E-state index < -0.39 is 0 Å². The van der Waals surface area contributed by atoms with Gasteiger partial charge in [-0.25, -0.2) is 0 Å². The van der Waals surface area contributed by atoms with Crippen LogP contribution in [0.1, 0.15) is 45.4 Å². The van der Waals surface area contributed by atoms with Crippen molar-refractivity contribution in [3.05, 3.63) is 0 Å². The van der Waals surface area contributed by atoms with E-state index in [0.29, 0.717) is 11.5 Å². The monoisotopic (exact) mass is 236 g/mol. The Bertz CT molecular complexity index is 278. The van der Waals surface area contributed by atoms with Gasteiger partial charge in [0, 0.05) is 25.8 Å². The molecule has 2 rings (SSSR count). The molecule has 3 heteroatoms. The molecule has 0 radical (unpaired) electrons. The number of hydrogen-bond acceptors (Lipinski definition) is 3. The second-order valence-corrected chi connectivity index (χ2v) is 5.93. The number of nitrogens with one attached hydrogen (secondary N) is 1. The fourth-order valence-corrected chi connectivity index (χ4v) is 2.95. The van der Waals surface area contributed by atoms with Gasteiger partial charge in [0.2, 0.25) is 0 Å². The third kappa shape index (κ3) is 3.43. The first-order chi connectivity index (χ1) is 8.23. The SMILES string of the molecule is CC1(CNC2CCCCC2C#N)CCOCC1. The van der Waals surface area contributed by atoms with Crippen molar-refractivity contribution in [2.45, 2.75) is 51.5 Å². The summed E-state index contributed by atoms with van der Waals surface area (Å²) < 4.78 is 5.42. The molecule has 1 saturated heterocycles. The van der Waals surface area contributed by atoms with Crippen molar-refractivity contribution >= 4 is 0 Å². The van der Waals surface area contributed by atoms with Crippen molar-refractivity contribution in [2.75, 3.05) is 19.8 Å². The van der Waals surface area contributed by atoms with Gasteiger partial charge in [-0.15, -0.1) is 0 Å². The lowest BCUT2D eigenvalue weighted by molar-refractivity contribution is 0.0217. The van der Waals surface area contributed by atoms with Crippen LogP contribution in [-0.2, 0) is 4.74 Å². The molecule has 1 heterocycles. The van der Waals surface area contributed by atoms with Crippen LogP contribution in [0.15, 0.2) is 0 Å². The molecular formula is C14H24N2O. The highest BCUT2D eigenvalue weighted by atomic mass is 16.5. The van der Waals surface area contributed by atoms with Gasteiger partial charge >= 0.3 is 0 Å². The van der Waals surface area contributed by atoms with Gasteiger partial charge in [0.05, 0.1) is 12.0 Å². The quantitative estimate of drug-likeness (QED) is 0.818. The van der Waals surface area contributed by atoms with Crippen LogP contribution in [0.3, 0.4) is 0 Å². The van der Waals surface area contributed by atoms with E-state index in [2.05, 4.69) is 18.3 Å². The minimum Gasteiger partial charge on any atom is -0.381 e. The van der Waals surface area contributed by atoms with E-state index in [1.807, 2.05) is 0 Å². The maximum absolute atomic E-state index is 9.15. The first kappa shape index (κ1) is 12.9. The van der Waals surface area contributed by atoms with Crippen molar-refractivity contribution < 1.29 is 4.74 Å². The van der Waals surface area contributed by atoms with Crippen LogP contribution in [-0.4, -0.2) is 25.8 Å². The fraction of sp³-hybridized carbons (Fsp3) is 0.929. The normalized spacial score (nSPS) is 32.9. The lowest BCUT2D eigenvalue weighted by Crippen LogP contribution is -2.45. The van der Waals surface area contributed by atoms with Crippen LogP contribution in [0, 0.1) is 22.7 Å². The maximum Gasteiger partial charge on any atom is 0.0672 e. The van der Waals surface area contributed by atoms with Gasteiger partial charge < -0.3 is 10.1 Å². The Labute approximate surface area is 105 Å². The zero-order chi connectivity index (χ0) is 12.1. The van der Waals surface area contributed by atoms with Crippen LogP contribution >= 0.6 is 0 Å². The number of ether oxygens (including phenoxy) is 1. The Kier molecular flexibility index (Phi) is 4.42. The maximum atomic E-state index is 9.15. The summed E-state index contributed by atoms with van der Waals surface area (Å²) in [7, 11) is 0. The molecule has 1 aliphatic heterocycles. The minimum atomic E-state index is 0.229. The lowest BCUT2D eigenvalue weighted by atomic mass is 9.80. The van der Waals surface area contributed by atoms with Crippen LogP contribution in [0.5, 0.6) is 0 Å². The molecule has 0 aromatic rings.